The molecule has 1 unspecified atom stereocenters. The van der Waals surface area contributed by atoms with E-state index >= 15 is 0 Å². The van der Waals surface area contributed by atoms with Crippen LogP contribution >= 0.6 is 0 Å². The minimum Gasteiger partial charge on any atom is -0.352 e. The molecule has 0 spiro atoms. The van der Waals surface area contributed by atoms with Gasteiger partial charge in [-0.1, -0.05) is 45.0 Å². The molecule has 3 nitrogen and oxygen atoms in total. The van der Waals surface area contributed by atoms with Crippen molar-refractivity contribution in [1.29, 1.82) is 0 Å². The van der Waals surface area contributed by atoms with E-state index in [9.17, 15) is 4.79 Å². The van der Waals surface area contributed by atoms with Gasteiger partial charge in [0.05, 0.1) is 0 Å². The third-order valence-corrected chi connectivity index (χ3v) is 4.80. The van der Waals surface area contributed by atoms with Crippen LogP contribution in [0.3, 0.4) is 0 Å². The molecule has 1 aliphatic rings. The van der Waals surface area contributed by atoms with E-state index in [1.165, 1.54) is 37.1 Å². The smallest absolute Gasteiger partial charge is 0.223 e. The second-order valence-corrected chi connectivity index (χ2v) is 6.81. The summed E-state index contributed by atoms with van der Waals surface area (Å²) in [6, 6.07) is 8.62. The molecule has 1 amide bonds. The van der Waals surface area contributed by atoms with Crippen LogP contribution in [-0.4, -0.2) is 23.9 Å². The number of rotatable bonds is 6. The number of carbonyl (C=O) groups excluding carboxylic acids is 1. The van der Waals surface area contributed by atoms with Gasteiger partial charge in [0.15, 0.2) is 0 Å². The first-order chi connectivity index (χ1) is 10.6. The highest BCUT2D eigenvalue weighted by Gasteiger charge is 2.15. The average Bonchev–Trinajstić information content (AvgIpc) is 2.54. The minimum atomic E-state index is 0.0959. The third-order valence-electron chi connectivity index (χ3n) is 4.80. The molecule has 3 heteroatoms. The van der Waals surface area contributed by atoms with Crippen LogP contribution in [0.15, 0.2) is 24.3 Å². The predicted molar refractivity (Wildman–Crippen MR) is 91.4 cm³/mol. The Morgan fingerprint density at radius 3 is 2.68 bits per heavy atom. The van der Waals surface area contributed by atoms with E-state index in [0.29, 0.717) is 6.54 Å². The summed E-state index contributed by atoms with van der Waals surface area (Å²) in [7, 11) is 0. The van der Waals surface area contributed by atoms with Crippen molar-refractivity contribution >= 4 is 5.91 Å². The van der Waals surface area contributed by atoms with E-state index in [-0.39, 0.29) is 11.8 Å². The van der Waals surface area contributed by atoms with Gasteiger partial charge in [-0.3, -0.25) is 9.69 Å². The van der Waals surface area contributed by atoms with Gasteiger partial charge in [0.1, 0.15) is 0 Å². The number of hydrogen-bond donors (Lipinski definition) is 1. The lowest BCUT2D eigenvalue weighted by atomic mass is 9.98. The number of hydrogen-bond acceptors (Lipinski definition) is 2. The maximum absolute atomic E-state index is 11.9. The molecule has 22 heavy (non-hydrogen) atoms. The van der Waals surface area contributed by atoms with Gasteiger partial charge >= 0.3 is 0 Å². The number of nitrogens with zero attached hydrogens (tertiary/aromatic N) is 1. The van der Waals surface area contributed by atoms with Gasteiger partial charge in [0, 0.05) is 19.0 Å². The Morgan fingerprint density at radius 2 is 2.00 bits per heavy atom. The van der Waals surface area contributed by atoms with Crippen molar-refractivity contribution in [3.05, 3.63) is 35.4 Å². The van der Waals surface area contributed by atoms with Crippen molar-refractivity contribution in [2.45, 2.75) is 53.1 Å². The quantitative estimate of drug-likeness (QED) is 0.871. The van der Waals surface area contributed by atoms with Crippen LogP contribution in [-0.2, 0) is 17.9 Å². The van der Waals surface area contributed by atoms with Crippen molar-refractivity contribution in [3.63, 3.8) is 0 Å². The minimum absolute atomic E-state index is 0.0959. The topological polar surface area (TPSA) is 32.3 Å². The molecule has 0 saturated carbocycles. The third kappa shape index (κ3) is 5.13. The number of amides is 1. The first-order valence-corrected chi connectivity index (χ1v) is 8.66. The molecule has 1 fully saturated rings. The molecule has 2 rings (SSSR count). The summed E-state index contributed by atoms with van der Waals surface area (Å²) in [6.45, 7) is 10.4. The molecule has 1 atom stereocenters. The summed E-state index contributed by atoms with van der Waals surface area (Å²) < 4.78 is 0. The van der Waals surface area contributed by atoms with Crippen molar-refractivity contribution in [3.8, 4) is 0 Å². The fourth-order valence-electron chi connectivity index (χ4n) is 2.87. The Bertz CT molecular complexity index is 478. The zero-order valence-electron chi connectivity index (χ0n) is 14.3. The fraction of sp³-hybridized carbons (Fsp3) is 0.632. The van der Waals surface area contributed by atoms with E-state index in [1.807, 2.05) is 13.8 Å². The van der Waals surface area contributed by atoms with Crippen molar-refractivity contribution < 1.29 is 4.79 Å². The van der Waals surface area contributed by atoms with E-state index in [0.717, 1.165) is 18.9 Å². The Morgan fingerprint density at radius 1 is 1.32 bits per heavy atom. The van der Waals surface area contributed by atoms with Crippen molar-refractivity contribution in [1.82, 2.24) is 10.2 Å². The first-order valence-electron chi connectivity index (χ1n) is 8.66. The molecule has 1 N–H and O–H groups in total. The van der Waals surface area contributed by atoms with Crippen LogP contribution in [0.2, 0.25) is 0 Å². The van der Waals surface area contributed by atoms with Gasteiger partial charge < -0.3 is 5.32 Å². The molecule has 1 aromatic rings. The lowest BCUT2D eigenvalue weighted by Crippen LogP contribution is -2.32. The van der Waals surface area contributed by atoms with Crippen LogP contribution in [0.1, 0.15) is 51.2 Å². The van der Waals surface area contributed by atoms with Crippen LogP contribution < -0.4 is 5.32 Å². The number of nitrogens with one attached hydrogen (secondary N) is 1. The Balaban J connectivity index is 1.85. The summed E-state index contributed by atoms with van der Waals surface area (Å²) in [5.74, 6) is 1.12. The molecule has 1 heterocycles. The highest BCUT2D eigenvalue weighted by Crippen LogP contribution is 2.18. The van der Waals surface area contributed by atoms with Gasteiger partial charge in [0.2, 0.25) is 5.91 Å². The van der Waals surface area contributed by atoms with E-state index in [1.54, 1.807) is 0 Å². The molecule has 0 bridgehead atoms. The van der Waals surface area contributed by atoms with Crippen molar-refractivity contribution in [2.24, 2.45) is 11.8 Å². The molecule has 1 aliphatic heterocycles. The lowest BCUT2D eigenvalue weighted by molar-refractivity contribution is -0.124. The van der Waals surface area contributed by atoms with Crippen molar-refractivity contribution in [2.75, 3.05) is 13.1 Å². The highest BCUT2D eigenvalue weighted by molar-refractivity contribution is 5.78. The molecule has 0 aliphatic carbocycles. The van der Waals surface area contributed by atoms with Gasteiger partial charge in [-0.05, 0) is 49.4 Å². The zero-order valence-corrected chi connectivity index (χ0v) is 14.3. The second kappa shape index (κ2) is 8.33. The van der Waals surface area contributed by atoms with Gasteiger partial charge in [-0.25, -0.2) is 0 Å². The Kier molecular flexibility index (Phi) is 6.44. The molecular weight excluding hydrogens is 272 g/mol. The summed E-state index contributed by atoms with van der Waals surface area (Å²) in [6.07, 6.45) is 3.51. The lowest BCUT2D eigenvalue weighted by Gasteiger charge is -2.30. The van der Waals surface area contributed by atoms with E-state index in [2.05, 4.69) is 41.4 Å². The highest BCUT2D eigenvalue weighted by atomic mass is 16.1. The molecule has 122 valence electrons. The summed E-state index contributed by atoms with van der Waals surface area (Å²) >= 11 is 0. The normalized spacial score (nSPS) is 18.1. The maximum atomic E-state index is 11.9. The van der Waals surface area contributed by atoms with Crippen LogP contribution in [0.25, 0.3) is 0 Å². The largest absolute Gasteiger partial charge is 0.352 e. The second-order valence-electron chi connectivity index (χ2n) is 6.81. The number of carbonyl (C=O) groups is 1. The average molecular weight is 302 g/mol. The summed E-state index contributed by atoms with van der Waals surface area (Å²) in [4.78, 5) is 14.4. The predicted octanol–water partition coefficient (Wildman–Crippen LogP) is 3.58. The summed E-state index contributed by atoms with van der Waals surface area (Å²) in [5, 5.41) is 3.03. The van der Waals surface area contributed by atoms with Gasteiger partial charge in [-0.2, -0.15) is 0 Å². The number of benzene rings is 1. The van der Waals surface area contributed by atoms with E-state index < -0.39 is 0 Å². The molecular formula is C19H30N2O. The maximum Gasteiger partial charge on any atom is 0.223 e. The monoisotopic (exact) mass is 302 g/mol. The van der Waals surface area contributed by atoms with Gasteiger partial charge in [-0.15, -0.1) is 0 Å². The zero-order chi connectivity index (χ0) is 15.9. The Labute approximate surface area is 135 Å². The first kappa shape index (κ1) is 17.0. The molecule has 0 radical (unpaired) electrons. The standard InChI is InChI=1S/C19H30N2O/c1-4-16(3)19(22)20-13-17-6-5-7-18(12-17)14-21-10-8-15(2)9-11-21/h5-7,12,15-16H,4,8-11,13-14H2,1-3H3,(H,20,22). The molecule has 1 aromatic carbocycles. The molecule has 1 saturated heterocycles. The molecule has 0 aromatic heterocycles. The summed E-state index contributed by atoms with van der Waals surface area (Å²) in [5.41, 5.74) is 2.55. The van der Waals surface area contributed by atoms with Crippen LogP contribution in [0.4, 0.5) is 0 Å². The van der Waals surface area contributed by atoms with E-state index in [4.69, 9.17) is 0 Å². The SMILES string of the molecule is CCC(C)C(=O)NCc1cccc(CN2CCC(C)CC2)c1. The fourth-order valence-corrected chi connectivity index (χ4v) is 2.87. The number of likely N-dealkylation sites (tertiary alicyclic amines) is 1. The van der Waals surface area contributed by atoms with Crippen LogP contribution in [0, 0.1) is 11.8 Å². The number of piperidine rings is 1. The van der Waals surface area contributed by atoms with Gasteiger partial charge in [0.25, 0.3) is 0 Å². The Hall–Kier alpha value is -1.35. The van der Waals surface area contributed by atoms with Crippen LogP contribution in [0.5, 0.6) is 0 Å².